The highest BCUT2D eigenvalue weighted by molar-refractivity contribution is 7.19. The van der Waals surface area contributed by atoms with Crippen LogP contribution in [0.15, 0.2) is 30.3 Å². The lowest BCUT2D eigenvalue weighted by Gasteiger charge is -2.37. The van der Waals surface area contributed by atoms with E-state index in [1.54, 1.807) is 0 Å². The summed E-state index contributed by atoms with van der Waals surface area (Å²) in [5.41, 5.74) is 0. The predicted molar refractivity (Wildman–Crippen MR) is 81.8 cm³/mol. The summed E-state index contributed by atoms with van der Waals surface area (Å²) in [6.45, 7) is 5.17. The summed E-state index contributed by atoms with van der Waals surface area (Å²) in [6, 6.07) is 12.0. The minimum atomic E-state index is 0.435. The van der Waals surface area contributed by atoms with Crippen LogP contribution in [0.5, 0.6) is 0 Å². The van der Waals surface area contributed by atoms with E-state index in [4.69, 9.17) is 4.74 Å². The summed E-state index contributed by atoms with van der Waals surface area (Å²) >= 11 is 1.90. The van der Waals surface area contributed by atoms with Gasteiger partial charge in [-0.05, 0) is 44.2 Å². The van der Waals surface area contributed by atoms with Crippen molar-refractivity contribution in [2.75, 3.05) is 6.61 Å². The van der Waals surface area contributed by atoms with E-state index in [1.807, 2.05) is 11.3 Å². The van der Waals surface area contributed by atoms with Gasteiger partial charge < -0.3 is 10.1 Å². The number of benzene rings is 1. The average molecular weight is 275 g/mol. The van der Waals surface area contributed by atoms with Gasteiger partial charge in [0.05, 0.1) is 6.10 Å². The van der Waals surface area contributed by atoms with Gasteiger partial charge in [-0.25, -0.2) is 0 Å². The van der Waals surface area contributed by atoms with Crippen molar-refractivity contribution in [2.24, 2.45) is 0 Å². The molecule has 1 saturated carbocycles. The Morgan fingerprint density at radius 1 is 1.37 bits per heavy atom. The molecule has 0 spiro atoms. The first-order chi connectivity index (χ1) is 9.26. The molecule has 0 bridgehead atoms. The molecular formula is C16H21NOS. The molecule has 1 aromatic carbocycles. The Kier molecular flexibility index (Phi) is 3.87. The van der Waals surface area contributed by atoms with Gasteiger partial charge in [-0.2, -0.15) is 0 Å². The maximum atomic E-state index is 5.61. The Morgan fingerprint density at radius 3 is 2.89 bits per heavy atom. The fourth-order valence-electron chi connectivity index (χ4n) is 2.72. The van der Waals surface area contributed by atoms with Gasteiger partial charge in [-0.15, -0.1) is 11.3 Å². The Labute approximate surface area is 118 Å². The second kappa shape index (κ2) is 5.61. The largest absolute Gasteiger partial charge is 0.378 e. The molecule has 3 heteroatoms. The molecule has 2 nitrogen and oxygen atoms in total. The number of hydrogen-bond acceptors (Lipinski definition) is 3. The third kappa shape index (κ3) is 2.83. The van der Waals surface area contributed by atoms with E-state index in [2.05, 4.69) is 49.5 Å². The highest BCUT2D eigenvalue weighted by Crippen LogP contribution is 2.32. The van der Waals surface area contributed by atoms with E-state index in [-0.39, 0.29) is 0 Å². The predicted octanol–water partition coefficient (Wildman–Crippen LogP) is 4.12. The molecule has 1 aliphatic rings. The van der Waals surface area contributed by atoms with Crippen molar-refractivity contribution in [1.82, 2.24) is 5.32 Å². The van der Waals surface area contributed by atoms with Gasteiger partial charge in [-0.1, -0.05) is 18.2 Å². The normalized spacial score (nSPS) is 24.3. The van der Waals surface area contributed by atoms with Crippen molar-refractivity contribution < 1.29 is 4.74 Å². The van der Waals surface area contributed by atoms with Gasteiger partial charge in [-0.3, -0.25) is 0 Å². The maximum absolute atomic E-state index is 5.61. The Hall–Kier alpha value is -0.900. The van der Waals surface area contributed by atoms with Crippen LogP contribution in [0.25, 0.3) is 10.1 Å². The summed E-state index contributed by atoms with van der Waals surface area (Å²) < 4.78 is 6.99. The first-order valence-electron chi connectivity index (χ1n) is 7.12. The summed E-state index contributed by atoms with van der Waals surface area (Å²) in [5, 5.41) is 5.07. The Balaban J connectivity index is 1.60. The van der Waals surface area contributed by atoms with Crippen molar-refractivity contribution in [3.8, 4) is 0 Å². The van der Waals surface area contributed by atoms with Crippen LogP contribution in [0.1, 0.15) is 37.6 Å². The zero-order valence-electron chi connectivity index (χ0n) is 11.6. The molecule has 1 heterocycles. The van der Waals surface area contributed by atoms with Gasteiger partial charge in [0, 0.05) is 28.3 Å². The Bertz CT molecular complexity index is 511. The first-order valence-corrected chi connectivity index (χ1v) is 7.94. The van der Waals surface area contributed by atoms with Crippen molar-refractivity contribution >= 4 is 21.4 Å². The molecule has 0 saturated heterocycles. The molecule has 0 radical (unpaired) electrons. The lowest BCUT2D eigenvalue weighted by Crippen LogP contribution is -2.46. The van der Waals surface area contributed by atoms with E-state index < -0.39 is 0 Å². The molecule has 1 aliphatic carbocycles. The van der Waals surface area contributed by atoms with E-state index in [9.17, 15) is 0 Å². The molecule has 1 aromatic heterocycles. The Morgan fingerprint density at radius 2 is 2.16 bits per heavy atom. The summed E-state index contributed by atoms with van der Waals surface area (Å²) in [5.74, 6) is 0. The smallest absolute Gasteiger partial charge is 0.0604 e. The lowest BCUT2D eigenvalue weighted by molar-refractivity contribution is -0.0119. The van der Waals surface area contributed by atoms with Gasteiger partial charge in [0.2, 0.25) is 0 Å². The molecule has 102 valence electrons. The van der Waals surface area contributed by atoms with Crippen LogP contribution in [0.2, 0.25) is 0 Å². The minimum absolute atomic E-state index is 0.435. The number of ether oxygens (including phenoxy) is 1. The molecule has 1 fully saturated rings. The van der Waals surface area contributed by atoms with Crippen LogP contribution in [0.4, 0.5) is 0 Å². The van der Waals surface area contributed by atoms with E-state index in [1.165, 1.54) is 15.0 Å². The van der Waals surface area contributed by atoms with Crippen LogP contribution in [-0.2, 0) is 4.74 Å². The lowest BCUT2D eigenvalue weighted by atomic mass is 9.88. The third-order valence-corrected chi connectivity index (χ3v) is 5.15. The topological polar surface area (TPSA) is 21.3 Å². The molecule has 3 rings (SSSR count). The molecule has 1 unspecified atom stereocenters. The summed E-state index contributed by atoms with van der Waals surface area (Å²) in [7, 11) is 0. The van der Waals surface area contributed by atoms with E-state index in [0.717, 1.165) is 19.4 Å². The third-order valence-electron chi connectivity index (χ3n) is 3.85. The number of thiophene rings is 1. The van der Waals surface area contributed by atoms with Gasteiger partial charge in [0.25, 0.3) is 0 Å². The number of hydrogen-bond donors (Lipinski definition) is 1. The van der Waals surface area contributed by atoms with Crippen molar-refractivity contribution in [3.63, 3.8) is 0 Å². The highest BCUT2D eigenvalue weighted by atomic mass is 32.1. The highest BCUT2D eigenvalue weighted by Gasteiger charge is 2.30. The molecule has 1 N–H and O–H groups in total. The zero-order chi connectivity index (χ0) is 13.2. The van der Waals surface area contributed by atoms with Crippen LogP contribution < -0.4 is 5.32 Å². The van der Waals surface area contributed by atoms with Crippen LogP contribution in [-0.4, -0.2) is 18.8 Å². The number of rotatable bonds is 5. The molecule has 0 amide bonds. The quantitative estimate of drug-likeness (QED) is 0.886. The van der Waals surface area contributed by atoms with Crippen molar-refractivity contribution in [1.29, 1.82) is 0 Å². The monoisotopic (exact) mass is 275 g/mol. The fourth-order valence-corrected chi connectivity index (χ4v) is 3.80. The van der Waals surface area contributed by atoms with Crippen LogP contribution in [0, 0.1) is 0 Å². The SMILES string of the molecule is CCOC1CC(NC(C)c2cc3ccccc3s2)C1. The second-order valence-electron chi connectivity index (χ2n) is 5.32. The zero-order valence-corrected chi connectivity index (χ0v) is 12.4. The fraction of sp³-hybridized carbons (Fsp3) is 0.500. The molecule has 19 heavy (non-hydrogen) atoms. The van der Waals surface area contributed by atoms with E-state index >= 15 is 0 Å². The molecular weight excluding hydrogens is 254 g/mol. The number of nitrogens with one attached hydrogen (secondary N) is 1. The van der Waals surface area contributed by atoms with E-state index in [0.29, 0.717) is 18.2 Å². The molecule has 1 atom stereocenters. The second-order valence-corrected chi connectivity index (χ2v) is 6.44. The average Bonchev–Trinajstić information content (AvgIpc) is 2.80. The van der Waals surface area contributed by atoms with Gasteiger partial charge >= 0.3 is 0 Å². The van der Waals surface area contributed by atoms with Crippen molar-refractivity contribution in [2.45, 2.75) is 44.9 Å². The summed E-state index contributed by atoms with van der Waals surface area (Å²) in [6.07, 6.45) is 2.80. The molecule has 0 aliphatic heterocycles. The standard InChI is InChI=1S/C16H21NOS/c1-3-18-14-9-13(10-14)17-11(2)16-8-12-6-4-5-7-15(12)19-16/h4-8,11,13-14,17H,3,9-10H2,1-2H3. The van der Waals surface area contributed by atoms with Crippen LogP contribution >= 0.6 is 11.3 Å². The van der Waals surface area contributed by atoms with Gasteiger partial charge in [0.1, 0.15) is 0 Å². The molecule has 2 aromatic rings. The maximum Gasteiger partial charge on any atom is 0.0604 e. The van der Waals surface area contributed by atoms with Gasteiger partial charge in [0.15, 0.2) is 0 Å². The number of fused-ring (bicyclic) bond motifs is 1. The first kappa shape index (κ1) is 13.1. The van der Waals surface area contributed by atoms with Crippen LogP contribution in [0.3, 0.4) is 0 Å². The summed E-state index contributed by atoms with van der Waals surface area (Å²) in [4.78, 5) is 1.43. The minimum Gasteiger partial charge on any atom is -0.378 e. The van der Waals surface area contributed by atoms with Crippen molar-refractivity contribution in [3.05, 3.63) is 35.2 Å².